The number of nitrogens with one attached hydrogen (secondary N) is 1. The van der Waals surface area contributed by atoms with Crippen molar-refractivity contribution in [2.75, 3.05) is 16.2 Å². The normalized spacial score (nSPS) is 11.1. The van der Waals surface area contributed by atoms with Gasteiger partial charge in [-0.05, 0) is 83.1 Å². The molecule has 0 aliphatic carbocycles. The van der Waals surface area contributed by atoms with Gasteiger partial charge in [0.2, 0.25) is 5.91 Å². The lowest BCUT2D eigenvalue weighted by Crippen LogP contribution is -2.38. The highest BCUT2D eigenvalue weighted by Crippen LogP contribution is 2.24. The molecule has 3 rings (SSSR count). The van der Waals surface area contributed by atoms with Gasteiger partial charge in [0.1, 0.15) is 6.54 Å². The largest absolute Gasteiger partial charge is 0.325 e. The van der Waals surface area contributed by atoms with Crippen molar-refractivity contribution in [3.63, 3.8) is 0 Å². The van der Waals surface area contributed by atoms with E-state index in [1.54, 1.807) is 42.5 Å². The van der Waals surface area contributed by atoms with Crippen LogP contribution in [0.5, 0.6) is 0 Å². The molecule has 0 bridgehead atoms. The fraction of sp³-hybridized carbons (Fsp3) is 0.136. The summed E-state index contributed by atoms with van der Waals surface area (Å²) in [5.74, 6) is -0.412. The van der Waals surface area contributed by atoms with E-state index < -0.39 is 15.9 Å². The van der Waals surface area contributed by atoms with Crippen LogP contribution in [0.4, 0.5) is 11.4 Å². The maximum Gasteiger partial charge on any atom is 0.264 e. The van der Waals surface area contributed by atoms with E-state index in [0.717, 1.165) is 19.9 Å². The molecule has 150 valence electrons. The molecular weight excluding hydrogens is 499 g/mol. The van der Waals surface area contributed by atoms with Crippen LogP contribution in [0, 0.1) is 3.57 Å². The topological polar surface area (TPSA) is 66.5 Å². The number of carbonyl (C=O) groups excluding carboxylic acids is 1. The van der Waals surface area contributed by atoms with Crippen molar-refractivity contribution in [1.29, 1.82) is 0 Å². The van der Waals surface area contributed by atoms with Crippen molar-refractivity contribution >= 4 is 49.9 Å². The molecule has 1 amide bonds. The molecule has 1 N–H and O–H groups in total. The molecule has 0 saturated heterocycles. The fourth-order valence-electron chi connectivity index (χ4n) is 2.80. The second-order valence-corrected chi connectivity index (χ2v) is 9.51. The molecule has 7 heteroatoms. The summed E-state index contributed by atoms with van der Waals surface area (Å²) >= 11 is 2.18. The van der Waals surface area contributed by atoms with E-state index in [1.807, 2.05) is 31.2 Å². The van der Waals surface area contributed by atoms with Gasteiger partial charge < -0.3 is 5.32 Å². The van der Waals surface area contributed by atoms with Gasteiger partial charge in [0.25, 0.3) is 10.0 Å². The molecule has 5 nitrogen and oxygen atoms in total. The molecule has 3 aromatic rings. The summed E-state index contributed by atoms with van der Waals surface area (Å²) in [5.41, 5.74) is 2.16. The van der Waals surface area contributed by atoms with Gasteiger partial charge in [-0.1, -0.05) is 37.3 Å². The van der Waals surface area contributed by atoms with Crippen molar-refractivity contribution in [3.8, 4) is 0 Å². The Morgan fingerprint density at radius 1 is 0.931 bits per heavy atom. The van der Waals surface area contributed by atoms with Crippen molar-refractivity contribution in [1.82, 2.24) is 0 Å². The Kier molecular flexibility index (Phi) is 6.92. The Labute approximate surface area is 184 Å². The van der Waals surface area contributed by atoms with Gasteiger partial charge in [-0.2, -0.15) is 0 Å². The number of aryl methyl sites for hydroxylation is 1. The zero-order chi connectivity index (χ0) is 20.9. The number of benzene rings is 3. The number of halogens is 1. The third-order valence-corrected chi connectivity index (χ3v) is 6.89. The molecule has 29 heavy (non-hydrogen) atoms. The van der Waals surface area contributed by atoms with Gasteiger partial charge in [0.05, 0.1) is 10.6 Å². The first-order valence-corrected chi connectivity index (χ1v) is 11.6. The molecule has 0 heterocycles. The van der Waals surface area contributed by atoms with Gasteiger partial charge in [-0.3, -0.25) is 9.10 Å². The Hall–Kier alpha value is -2.39. The van der Waals surface area contributed by atoms with Crippen LogP contribution in [0.2, 0.25) is 0 Å². The molecule has 3 aromatic carbocycles. The lowest BCUT2D eigenvalue weighted by molar-refractivity contribution is -0.114. The zero-order valence-corrected chi connectivity index (χ0v) is 18.9. The summed E-state index contributed by atoms with van der Waals surface area (Å²) in [6.45, 7) is 1.71. The zero-order valence-electron chi connectivity index (χ0n) is 15.9. The summed E-state index contributed by atoms with van der Waals surface area (Å²) in [4.78, 5) is 12.8. The number of nitrogens with zero attached hydrogens (tertiary/aromatic N) is 1. The lowest BCUT2D eigenvalue weighted by Gasteiger charge is -2.24. The van der Waals surface area contributed by atoms with Crippen molar-refractivity contribution in [3.05, 3.63) is 88.0 Å². The Morgan fingerprint density at radius 3 is 2.14 bits per heavy atom. The molecule has 0 atom stereocenters. The predicted octanol–water partition coefficient (Wildman–Crippen LogP) is 4.69. The number of hydrogen-bond acceptors (Lipinski definition) is 3. The fourth-order valence-corrected chi connectivity index (χ4v) is 4.60. The molecule has 0 spiro atoms. The van der Waals surface area contributed by atoms with Crippen LogP contribution < -0.4 is 9.62 Å². The summed E-state index contributed by atoms with van der Waals surface area (Å²) < 4.78 is 28.7. The molecule has 0 radical (unpaired) electrons. The van der Waals surface area contributed by atoms with Gasteiger partial charge in [0.15, 0.2) is 0 Å². The van der Waals surface area contributed by atoms with Gasteiger partial charge in [-0.15, -0.1) is 0 Å². The minimum absolute atomic E-state index is 0.140. The lowest BCUT2D eigenvalue weighted by atomic mass is 10.1. The van der Waals surface area contributed by atoms with Crippen LogP contribution in [-0.2, 0) is 21.2 Å². The standard InChI is InChI=1S/C22H21IN2O3S/c1-2-17-8-14-20(15-9-17)25(29(27,28)21-6-4-3-5-7-21)16-22(26)24-19-12-10-18(23)11-13-19/h3-15H,2,16H2,1H3,(H,24,26). The number of carbonyl (C=O) groups is 1. The summed E-state index contributed by atoms with van der Waals surface area (Å²) in [5, 5.41) is 2.77. The summed E-state index contributed by atoms with van der Waals surface area (Å²) in [7, 11) is -3.90. The first-order chi connectivity index (χ1) is 13.9. The second kappa shape index (κ2) is 9.41. The average molecular weight is 520 g/mol. The van der Waals surface area contributed by atoms with Crippen LogP contribution in [0.3, 0.4) is 0 Å². The highest BCUT2D eigenvalue weighted by atomic mass is 127. The molecular formula is C22H21IN2O3S. The number of anilines is 2. The average Bonchev–Trinajstić information content (AvgIpc) is 2.74. The third kappa shape index (κ3) is 5.36. The van der Waals surface area contributed by atoms with Crippen LogP contribution in [0.15, 0.2) is 83.8 Å². The first kappa shape index (κ1) is 21.3. The molecule has 0 fully saturated rings. The highest BCUT2D eigenvalue weighted by molar-refractivity contribution is 14.1. The number of amides is 1. The molecule has 0 aromatic heterocycles. The smallest absolute Gasteiger partial charge is 0.264 e. The minimum atomic E-state index is -3.90. The van der Waals surface area contributed by atoms with Crippen molar-refractivity contribution < 1.29 is 13.2 Å². The van der Waals surface area contributed by atoms with Crippen LogP contribution >= 0.6 is 22.6 Å². The van der Waals surface area contributed by atoms with Gasteiger partial charge >= 0.3 is 0 Å². The van der Waals surface area contributed by atoms with Gasteiger partial charge in [0, 0.05) is 9.26 Å². The maximum absolute atomic E-state index is 13.3. The number of hydrogen-bond donors (Lipinski definition) is 1. The molecule has 0 aliphatic heterocycles. The summed E-state index contributed by atoms with van der Waals surface area (Å²) in [6, 6.07) is 22.7. The third-order valence-electron chi connectivity index (χ3n) is 4.38. The van der Waals surface area contributed by atoms with E-state index in [4.69, 9.17) is 0 Å². The minimum Gasteiger partial charge on any atom is -0.325 e. The number of sulfonamides is 1. The molecule has 0 saturated carbocycles. The van der Waals surface area contributed by atoms with Crippen molar-refractivity contribution in [2.45, 2.75) is 18.2 Å². The molecule has 0 unspecified atom stereocenters. The highest BCUT2D eigenvalue weighted by Gasteiger charge is 2.27. The van der Waals surface area contributed by atoms with E-state index in [-0.39, 0.29) is 11.4 Å². The van der Waals surface area contributed by atoms with Crippen LogP contribution in [0.25, 0.3) is 0 Å². The SMILES string of the molecule is CCc1ccc(N(CC(=O)Nc2ccc(I)cc2)S(=O)(=O)c2ccccc2)cc1. The maximum atomic E-state index is 13.3. The monoisotopic (exact) mass is 520 g/mol. The van der Waals surface area contributed by atoms with E-state index in [1.165, 1.54) is 12.1 Å². The Morgan fingerprint density at radius 2 is 1.55 bits per heavy atom. The first-order valence-electron chi connectivity index (χ1n) is 9.12. The van der Waals surface area contributed by atoms with E-state index in [9.17, 15) is 13.2 Å². The molecule has 0 aliphatic rings. The van der Waals surface area contributed by atoms with Crippen LogP contribution in [-0.4, -0.2) is 20.9 Å². The Bertz CT molecular complexity index is 1070. The van der Waals surface area contributed by atoms with E-state index >= 15 is 0 Å². The van der Waals surface area contributed by atoms with Crippen molar-refractivity contribution in [2.24, 2.45) is 0 Å². The van der Waals surface area contributed by atoms with Gasteiger partial charge in [-0.25, -0.2) is 8.42 Å². The Balaban J connectivity index is 1.91. The number of rotatable bonds is 7. The quantitative estimate of drug-likeness (QED) is 0.460. The van der Waals surface area contributed by atoms with E-state index in [0.29, 0.717) is 11.4 Å². The van der Waals surface area contributed by atoms with E-state index in [2.05, 4.69) is 27.9 Å². The second-order valence-electron chi connectivity index (χ2n) is 6.40. The van der Waals surface area contributed by atoms with Crippen LogP contribution in [0.1, 0.15) is 12.5 Å². The predicted molar refractivity (Wildman–Crippen MR) is 125 cm³/mol. The summed E-state index contributed by atoms with van der Waals surface area (Å²) in [6.07, 6.45) is 0.846.